The van der Waals surface area contributed by atoms with Crippen LogP contribution in [0, 0.1) is 12.8 Å². The average molecular weight is 312 g/mol. The molecule has 2 aromatic rings. The van der Waals surface area contributed by atoms with Crippen molar-refractivity contribution in [1.29, 1.82) is 0 Å². The molecule has 5 nitrogen and oxygen atoms in total. The molecule has 2 aromatic heterocycles. The quantitative estimate of drug-likeness (QED) is 0.768. The lowest BCUT2D eigenvalue weighted by Gasteiger charge is -2.08. The van der Waals surface area contributed by atoms with E-state index in [9.17, 15) is 0 Å². The molecular formula is C13H20N4OS2. The number of nitrogens with one attached hydrogen (secondary N) is 1. The lowest BCUT2D eigenvalue weighted by molar-refractivity contribution is 0.118. The molecule has 0 bridgehead atoms. The van der Waals surface area contributed by atoms with Crippen LogP contribution in [-0.2, 0) is 4.74 Å². The van der Waals surface area contributed by atoms with Crippen LogP contribution in [0.4, 0.5) is 10.8 Å². The minimum absolute atomic E-state index is 0.533. The SMILES string of the molecule is Cc1nc(-c2c(N)nsc2NCCOCC(C)C)cs1. The summed E-state index contributed by atoms with van der Waals surface area (Å²) in [5.74, 6) is 1.09. The Morgan fingerprint density at radius 3 is 2.90 bits per heavy atom. The number of hydrogen-bond acceptors (Lipinski definition) is 7. The maximum Gasteiger partial charge on any atom is 0.148 e. The molecule has 0 fully saturated rings. The predicted octanol–water partition coefficient (Wildman–Crippen LogP) is 3.24. The number of anilines is 2. The van der Waals surface area contributed by atoms with Gasteiger partial charge in [0, 0.05) is 18.5 Å². The third kappa shape index (κ3) is 3.91. The Balaban J connectivity index is 1.96. The summed E-state index contributed by atoms with van der Waals surface area (Å²) in [5, 5.41) is 7.33. The van der Waals surface area contributed by atoms with Crippen LogP contribution in [0.2, 0.25) is 0 Å². The van der Waals surface area contributed by atoms with E-state index in [1.807, 2.05) is 12.3 Å². The molecule has 2 heterocycles. The van der Waals surface area contributed by atoms with Crippen LogP contribution >= 0.6 is 22.9 Å². The topological polar surface area (TPSA) is 73.1 Å². The van der Waals surface area contributed by atoms with Gasteiger partial charge in [-0.05, 0) is 24.4 Å². The van der Waals surface area contributed by atoms with Gasteiger partial charge in [-0.3, -0.25) is 0 Å². The molecule has 0 aliphatic rings. The molecular weight excluding hydrogens is 292 g/mol. The second kappa shape index (κ2) is 7.01. The van der Waals surface area contributed by atoms with Gasteiger partial charge in [0.1, 0.15) is 10.8 Å². The average Bonchev–Trinajstić information content (AvgIpc) is 2.95. The molecule has 0 aliphatic heterocycles. The van der Waals surface area contributed by atoms with Crippen LogP contribution in [0.15, 0.2) is 5.38 Å². The normalized spacial score (nSPS) is 11.2. The van der Waals surface area contributed by atoms with Gasteiger partial charge in [-0.2, -0.15) is 4.37 Å². The third-order valence-electron chi connectivity index (χ3n) is 2.58. The molecule has 0 aromatic carbocycles. The molecule has 3 N–H and O–H groups in total. The van der Waals surface area contributed by atoms with E-state index in [2.05, 4.69) is 28.5 Å². The second-order valence-corrected chi connectivity index (χ2v) is 6.75. The molecule has 20 heavy (non-hydrogen) atoms. The van der Waals surface area contributed by atoms with E-state index < -0.39 is 0 Å². The van der Waals surface area contributed by atoms with Gasteiger partial charge in [-0.15, -0.1) is 11.3 Å². The third-order valence-corrected chi connectivity index (χ3v) is 4.17. The molecule has 0 saturated heterocycles. The fraction of sp³-hybridized carbons (Fsp3) is 0.538. The van der Waals surface area contributed by atoms with Gasteiger partial charge < -0.3 is 15.8 Å². The van der Waals surface area contributed by atoms with E-state index in [1.54, 1.807) is 11.3 Å². The number of rotatable bonds is 7. The van der Waals surface area contributed by atoms with Crippen LogP contribution in [0.5, 0.6) is 0 Å². The molecule has 2 rings (SSSR count). The maximum atomic E-state index is 5.95. The largest absolute Gasteiger partial charge is 0.382 e. The van der Waals surface area contributed by atoms with Gasteiger partial charge >= 0.3 is 0 Å². The Hall–Kier alpha value is -1.18. The molecule has 0 unspecified atom stereocenters. The number of hydrogen-bond donors (Lipinski definition) is 2. The van der Waals surface area contributed by atoms with Gasteiger partial charge in [0.2, 0.25) is 0 Å². The van der Waals surface area contributed by atoms with Crippen molar-refractivity contribution in [2.24, 2.45) is 5.92 Å². The lowest BCUT2D eigenvalue weighted by Crippen LogP contribution is -2.12. The number of nitrogens with zero attached hydrogens (tertiary/aromatic N) is 2. The summed E-state index contributed by atoms with van der Waals surface area (Å²) in [6, 6.07) is 0. The summed E-state index contributed by atoms with van der Waals surface area (Å²) in [6.45, 7) is 8.46. The zero-order valence-electron chi connectivity index (χ0n) is 12.0. The number of thiazole rings is 1. The molecule has 0 spiro atoms. The van der Waals surface area contributed by atoms with Crippen LogP contribution in [0.25, 0.3) is 11.3 Å². The Morgan fingerprint density at radius 2 is 2.25 bits per heavy atom. The maximum absolute atomic E-state index is 5.95. The summed E-state index contributed by atoms with van der Waals surface area (Å²) in [7, 11) is 0. The monoisotopic (exact) mass is 312 g/mol. The van der Waals surface area contributed by atoms with Crippen LogP contribution < -0.4 is 11.1 Å². The van der Waals surface area contributed by atoms with Gasteiger partial charge in [0.05, 0.1) is 22.9 Å². The van der Waals surface area contributed by atoms with Crippen molar-refractivity contribution < 1.29 is 4.74 Å². The van der Waals surface area contributed by atoms with Crippen molar-refractivity contribution in [3.8, 4) is 11.3 Å². The number of nitrogen functional groups attached to an aromatic ring is 1. The summed E-state index contributed by atoms with van der Waals surface area (Å²) >= 11 is 2.98. The summed E-state index contributed by atoms with van der Waals surface area (Å²) in [4.78, 5) is 4.48. The molecule has 110 valence electrons. The molecule has 0 aliphatic carbocycles. The number of aryl methyl sites for hydroxylation is 1. The highest BCUT2D eigenvalue weighted by Gasteiger charge is 2.15. The van der Waals surface area contributed by atoms with Crippen molar-refractivity contribution >= 4 is 33.7 Å². The van der Waals surface area contributed by atoms with Crippen molar-refractivity contribution in [1.82, 2.24) is 9.36 Å². The zero-order chi connectivity index (χ0) is 14.5. The van der Waals surface area contributed by atoms with E-state index in [1.165, 1.54) is 11.5 Å². The first kappa shape index (κ1) is 15.2. The van der Waals surface area contributed by atoms with Crippen LogP contribution in [0.1, 0.15) is 18.9 Å². The minimum Gasteiger partial charge on any atom is -0.382 e. The molecule has 7 heteroatoms. The van der Waals surface area contributed by atoms with Crippen LogP contribution in [0.3, 0.4) is 0 Å². The highest BCUT2D eigenvalue weighted by atomic mass is 32.1. The van der Waals surface area contributed by atoms with Gasteiger partial charge in [-0.25, -0.2) is 4.98 Å². The summed E-state index contributed by atoms with van der Waals surface area (Å²) in [5.41, 5.74) is 7.74. The van der Waals surface area contributed by atoms with Crippen molar-refractivity contribution in [2.75, 3.05) is 30.8 Å². The first-order valence-corrected chi connectivity index (χ1v) is 8.22. The van der Waals surface area contributed by atoms with Crippen molar-refractivity contribution in [3.05, 3.63) is 10.4 Å². The Labute approximate surface area is 127 Å². The zero-order valence-corrected chi connectivity index (χ0v) is 13.6. The standard InChI is InChI=1S/C13H20N4OS2/c1-8(2)6-18-5-4-15-13-11(12(14)17-20-13)10-7-19-9(3)16-10/h7-8,15H,4-6H2,1-3H3,(H2,14,17). The molecule has 0 radical (unpaired) electrons. The van der Waals surface area contributed by atoms with E-state index in [0.29, 0.717) is 18.3 Å². The smallest absolute Gasteiger partial charge is 0.148 e. The fourth-order valence-corrected chi connectivity index (χ4v) is 3.06. The van der Waals surface area contributed by atoms with Gasteiger partial charge in [-0.1, -0.05) is 13.8 Å². The fourth-order valence-electron chi connectivity index (χ4n) is 1.70. The summed E-state index contributed by atoms with van der Waals surface area (Å²) in [6.07, 6.45) is 0. The number of aromatic nitrogens is 2. The van der Waals surface area contributed by atoms with Crippen molar-refractivity contribution in [2.45, 2.75) is 20.8 Å². The number of ether oxygens (including phenoxy) is 1. The molecule has 0 saturated carbocycles. The number of nitrogens with two attached hydrogens (primary N) is 1. The minimum atomic E-state index is 0.533. The van der Waals surface area contributed by atoms with Crippen LogP contribution in [-0.4, -0.2) is 29.1 Å². The first-order chi connectivity index (χ1) is 9.58. The molecule has 0 amide bonds. The lowest BCUT2D eigenvalue weighted by atomic mass is 10.2. The van der Waals surface area contributed by atoms with E-state index in [4.69, 9.17) is 10.5 Å². The highest BCUT2D eigenvalue weighted by molar-refractivity contribution is 7.11. The van der Waals surface area contributed by atoms with E-state index in [0.717, 1.165) is 34.4 Å². The van der Waals surface area contributed by atoms with Gasteiger partial charge in [0.15, 0.2) is 0 Å². The van der Waals surface area contributed by atoms with E-state index >= 15 is 0 Å². The Bertz CT molecular complexity index is 550. The molecule has 0 atom stereocenters. The van der Waals surface area contributed by atoms with E-state index in [-0.39, 0.29) is 0 Å². The Kier molecular flexibility index (Phi) is 5.33. The first-order valence-electron chi connectivity index (χ1n) is 6.57. The van der Waals surface area contributed by atoms with Gasteiger partial charge in [0.25, 0.3) is 0 Å². The summed E-state index contributed by atoms with van der Waals surface area (Å²) < 4.78 is 9.76. The predicted molar refractivity (Wildman–Crippen MR) is 86.5 cm³/mol. The highest BCUT2D eigenvalue weighted by Crippen LogP contribution is 2.36. The van der Waals surface area contributed by atoms with Crippen molar-refractivity contribution in [3.63, 3.8) is 0 Å². The second-order valence-electron chi connectivity index (χ2n) is 4.92. The Morgan fingerprint density at radius 1 is 1.45 bits per heavy atom.